The summed E-state index contributed by atoms with van der Waals surface area (Å²) in [6.45, 7) is 1.78. The van der Waals surface area contributed by atoms with E-state index in [4.69, 9.17) is 9.15 Å². The molecule has 1 unspecified atom stereocenters. The van der Waals surface area contributed by atoms with E-state index in [1.165, 1.54) is 6.26 Å². The van der Waals surface area contributed by atoms with E-state index in [1.807, 2.05) is 12.1 Å². The minimum atomic E-state index is -0.0855. The third-order valence-corrected chi connectivity index (χ3v) is 3.42. The number of benzene rings is 1. The zero-order valence-electron chi connectivity index (χ0n) is 11.1. The van der Waals surface area contributed by atoms with Gasteiger partial charge in [0.15, 0.2) is 0 Å². The van der Waals surface area contributed by atoms with Gasteiger partial charge < -0.3 is 19.8 Å². The van der Waals surface area contributed by atoms with Crippen LogP contribution < -0.4 is 15.4 Å². The monoisotopic (exact) mass is 296 g/mol. The molecule has 1 amide bonds. The molecular weight excluding hydrogens is 280 g/mol. The number of ether oxygens (including phenoxy) is 1. The summed E-state index contributed by atoms with van der Waals surface area (Å²) < 4.78 is 10.6. The molecule has 0 spiro atoms. The van der Waals surface area contributed by atoms with E-state index >= 15 is 0 Å². The number of furan rings is 1. The molecular formula is C14H17ClN2O3. The first-order chi connectivity index (χ1) is 9.28. The van der Waals surface area contributed by atoms with E-state index in [-0.39, 0.29) is 24.4 Å². The van der Waals surface area contributed by atoms with Crippen molar-refractivity contribution in [2.45, 2.75) is 12.5 Å². The van der Waals surface area contributed by atoms with Crippen molar-refractivity contribution in [2.24, 2.45) is 0 Å². The van der Waals surface area contributed by atoms with Gasteiger partial charge >= 0.3 is 0 Å². The lowest BCUT2D eigenvalue weighted by atomic mass is 10.1. The van der Waals surface area contributed by atoms with Gasteiger partial charge in [0.05, 0.1) is 12.7 Å². The highest BCUT2D eigenvalue weighted by Gasteiger charge is 2.20. The topological polar surface area (TPSA) is 63.5 Å². The molecule has 1 aromatic heterocycles. The standard InChI is InChI=1S/C14H16N2O3.ClH/c1-18-10-2-3-11-12(8-19-13(11)6-10)14(17)16-9-4-5-15-7-9;/h2-3,6,8-9,15H,4-5,7H2,1H3,(H,16,17);1H. The van der Waals surface area contributed by atoms with Gasteiger partial charge in [-0.25, -0.2) is 0 Å². The molecule has 1 aromatic carbocycles. The van der Waals surface area contributed by atoms with Crippen LogP contribution in [0.5, 0.6) is 5.75 Å². The third kappa shape index (κ3) is 2.73. The van der Waals surface area contributed by atoms with Crippen molar-refractivity contribution in [2.75, 3.05) is 20.2 Å². The van der Waals surface area contributed by atoms with Crippen LogP contribution >= 0.6 is 12.4 Å². The number of carbonyl (C=O) groups is 1. The van der Waals surface area contributed by atoms with Crippen LogP contribution in [-0.2, 0) is 0 Å². The maximum atomic E-state index is 12.2. The largest absolute Gasteiger partial charge is 0.497 e. The summed E-state index contributed by atoms with van der Waals surface area (Å²) in [5.41, 5.74) is 1.23. The second kappa shape index (κ2) is 6.15. The molecule has 1 aliphatic heterocycles. The molecule has 0 saturated carbocycles. The van der Waals surface area contributed by atoms with E-state index in [2.05, 4.69) is 10.6 Å². The van der Waals surface area contributed by atoms with E-state index in [0.29, 0.717) is 16.9 Å². The predicted molar refractivity (Wildman–Crippen MR) is 78.8 cm³/mol. The molecule has 1 saturated heterocycles. The normalized spacial score (nSPS) is 17.8. The van der Waals surface area contributed by atoms with Crippen LogP contribution in [0.2, 0.25) is 0 Å². The molecule has 3 rings (SSSR count). The Hall–Kier alpha value is -1.72. The zero-order chi connectivity index (χ0) is 13.2. The highest BCUT2D eigenvalue weighted by Crippen LogP contribution is 2.25. The first kappa shape index (κ1) is 14.7. The fourth-order valence-electron chi connectivity index (χ4n) is 2.35. The fourth-order valence-corrected chi connectivity index (χ4v) is 2.35. The fraction of sp³-hybridized carbons (Fsp3) is 0.357. The number of carbonyl (C=O) groups excluding carboxylic acids is 1. The minimum absolute atomic E-state index is 0. The van der Waals surface area contributed by atoms with Crippen LogP contribution in [0.1, 0.15) is 16.8 Å². The van der Waals surface area contributed by atoms with Crippen LogP contribution in [0.4, 0.5) is 0 Å². The number of amides is 1. The summed E-state index contributed by atoms with van der Waals surface area (Å²) in [6, 6.07) is 5.66. The maximum absolute atomic E-state index is 12.2. The molecule has 0 radical (unpaired) electrons. The number of fused-ring (bicyclic) bond motifs is 1. The van der Waals surface area contributed by atoms with Gasteiger partial charge in [-0.2, -0.15) is 0 Å². The van der Waals surface area contributed by atoms with Crippen molar-refractivity contribution in [3.63, 3.8) is 0 Å². The summed E-state index contributed by atoms with van der Waals surface area (Å²) in [7, 11) is 1.60. The SMILES string of the molecule is COc1ccc2c(C(=O)NC3CCNC3)coc2c1.Cl. The molecule has 0 bridgehead atoms. The summed E-state index contributed by atoms with van der Waals surface area (Å²) >= 11 is 0. The van der Waals surface area contributed by atoms with E-state index in [1.54, 1.807) is 13.2 Å². The van der Waals surface area contributed by atoms with Gasteiger partial charge in [-0.15, -0.1) is 12.4 Å². The Labute approximate surface area is 123 Å². The minimum Gasteiger partial charge on any atom is -0.497 e. The molecule has 2 N–H and O–H groups in total. The quantitative estimate of drug-likeness (QED) is 0.909. The van der Waals surface area contributed by atoms with Gasteiger partial charge in [0.1, 0.15) is 17.6 Å². The van der Waals surface area contributed by atoms with Gasteiger partial charge in [-0.05, 0) is 25.1 Å². The average molecular weight is 297 g/mol. The molecule has 2 heterocycles. The van der Waals surface area contributed by atoms with Crippen molar-refractivity contribution in [1.82, 2.24) is 10.6 Å². The van der Waals surface area contributed by atoms with Crippen LogP contribution in [-0.4, -0.2) is 32.1 Å². The Bertz CT molecular complexity index is 605. The van der Waals surface area contributed by atoms with E-state index in [0.717, 1.165) is 24.9 Å². The summed E-state index contributed by atoms with van der Waals surface area (Å²) in [5, 5.41) is 7.04. The number of hydrogen-bond acceptors (Lipinski definition) is 4. The van der Waals surface area contributed by atoms with Crippen LogP contribution in [0.25, 0.3) is 11.0 Å². The lowest BCUT2D eigenvalue weighted by molar-refractivity contribution is 0.0941. The summed E-state index contributed by atoms with van der Waals surface area (Å²) in [5.74, 6) is 0.631. The Balaban J connectivity index is 0.00000147. The number of hydrogen-bond donors (Lipinski definition) is 2. The lowest BCUT2D eigenvalue weighted by Gasteiger charge is -2.10. The van der Waals surface area contributed by atoms with Crippen LogP contribution in [0.3, 0.4) is 0 Å². The van der Waals surface area contributed by atoms with Crippen LogP contribution in [0.15, 0.2) is 28.9 Å². The first-order valence-corrected chi connectivity index (χ1v) is 6.35. The molecule has 20 heavy (non-hydrogen) atoms. The zero-order valence-corrected chi connectivity index (χ0v) is 12.0. The molecule has 0 aliphatic carbocycles. The molecule has 5 nitrogen and oxygen atoms in total. The molecule has 108 valence electrons. The lowest BCUT2D eigenvalue weighted by Crippen LogP contribution is -2.36. The predicted octanol–water partition coefficient (Wildman–Crippen LogP) is 1.95. The van der Waals surface area contributed by atoms with E-state index in [9.17, 15) is 4.79 Å². The second-order valence-electron chi connectivity index (χ2n) is 4.67. The Morgan fingerprint density at radius 1 is 1.50 bits per heavy atom. The Morgan fingerprint density at radius 2 is 2.35 bits per heavy atom. The third-order valence-electron chi connectivity index (χ3n) is 3.42. The highest BCUT2D eigenvalue weighted by molar-refractivity contribution is 6.06. The number of nitrogens with one attached hydrogen (secondary N) is 2. The van der Waals surface area contributed by atoms with Gasteiger partial charge in [-0.1, -0.05) is 0 Å². The van der Waals surface area contributed by atoms with Crippen molar-refractivity contribution in [3.05, 3.63) is 30.0 Å². The van der Waals surface area contributed by atoms with Crippen molar-refractivity contribution in [3.8, 4) is 5.75 Å². The Morgan fingerprint density at radius 3 is 3.05 bits per heavy atom. The van der Waals surface area contributed by atoms with Crippen molar-refractivity contribution >= 4 is 29.3 Å². The second-order valence-corrected chi connectivity index (χ2v) is 4.67. The number of methoxy groups -OCH3 is 1. The van der Waals surface area contributed by atoms with Crippen LogP contribution in [0, 0.1) is 0 Å². The molecule has 1 atom stereocenters. The van der Waals surface area contributed by atoms with Gasteiger partial charge in [0.25, 0.3) is 5.91 Å². The molecule has 1 fully saturated rings. The molecule has 2 aromatic rings. The number of rotatable bonds is 3. The van der Waals surface area contributed by atoms with Gasteiger partial charge in [-0.3, -0.25) is 4.79 Å². The maximum Gasteiger partial charge on any atom is 0.255 e. The van der Waals surface area contributed by atoms with E-state index < -0.39 is 0 Å². The van der Waals surface area contributed by atoms with Gasteiger partial charge in [0, 0.05) is 24.0 Å². The molecule has 1 aliphatic rings. The first-order valence-electron chi connectivity index (χ1n) is 6.35. The van der Waals surface area contributed by atoms with Crippen molar-refractivity contribution < 1.29 is 13.9 Å². The average Bonchev–Trinajstić information content (AvgIpc) is 3.06. The summed E-state index contributed by atoms with van der Waals surface area (Å²) in [4.78, 5) is 12.2. The highest BCUT2D eigenvalue weighted by atomic mass is 35.5. The van der Waals surface area contributed by atoms with Crippen molar-refractivity contribution in [1.29, 1.82) is 0 Å². The molecule has 6 heteroatoms. The smallest absolute Gasteiger partial charge is 0.255 e. The summed E-state index contributed by atoms with van der Waals surface area (Å²) in [6.07, 6.45) is 2.47. The number of halogens is 1. The Kier molecular flexibility index (Phi) is 4.52. The van der Waals surface area contributed by atoms with Gasteiger partial charge in [0.2, 0.25) is 0 Å².